The Kier molecular flexibility index (Phi) is 51.2. The normalized spacial score (nSPS) is 13.2. The van der Waals surface area contributed by atoms with Crippen molar-refractivity contribution < 1.29 is 202 Å². The number of aliphatic hydroxyl groups excluding tert-OH is 2. The number of hydrogen-bond donors (Lipinski definition) is 6. The van der Waals surface area contributed by atoms with Gasteiger partial charge in [0.1, 0.15) is 79.4 Å². The lowest BCUT2D eigenvalue weighted by atomic mass is 10.1. The third-order valence-electron chi connectivity index (χ3n) is 17.7. The third-order valence-corrected chi connectivity index (χ3v) is 23.5. The molecule has 812 valence electrons. The fourth-order valence-corrected chi connectivity index (χ4v) is 15.4. The largest absolute Gasteiger partial charge is 0.510 e. The van der Waals surface area contributed by atoms with Gasteiger partial charge in [0.15, 0.2) is 23.3 Å². The molecule has 8 aromatic heterocycles. The Balaban J connectivity index is 0.000000296. The van der Waals surface area contributed by atoms with E-state index < -0.39 is 245 Å². The van der Waals surface area contributed by atoms with Crippen LogP contribution in [-0.4, -0.2) is 290 Å². The van der Waals surface area contributed by atoms with Crippen LogP contribution in [0.3, 0.4) is 0 Å². The lowest BCUT2D eigenvalue weighted by Crippen LogP contribution is -2.24. The SMILES string of the molecule is CC(C)OC(=O)OCOP(=O)(COC(CCO)Cc1ccc2c(N)ncnn12)OCOC(=O)OC(C)C.CC(C)OC(=O)OCOP(=O)(COC(CF)Cc1ccc2c(N)ncnn12)OCOC(=O)OC(C)C.CC(C)OC(=O)OCOP(=O)(COC(CO)Cc1ccc2c(N)ncnn12)OCOC(=O)OC(C)C.CC(C)OC(=O)OCOP(=O)(COC1(Cc2ccc3c(N)ncnn23)CC1)OCOC(=O)OC(C)C. The number of nitrogens with zero attached hydrogens (tertiary/aromatic N) is 12. The van der Waals surface area contributed by atoms with Crippen molar-refractivity contribution in [1.29, 1.82) is 0 Å². The molecule has 9 rings (SSSR count). The zero-order valence-electron chi connectivity index (χ0n) is 82.4. The van der Waals surface area contributed by atoms with E-state index in [4.69, 9.17) is 144 Å². The van der Waals surface area contributed by atoms with Crippen molar-refractivity contribution in [3.63, 3.8) is 0 Å². The summed E-state index contributed by atoms with van der Waals surface area (Å²) >= 11 is 0. The molecule has 3 unspecified atom stereocenters. The predicted octanol–water partition coefficient (Wildman–Crippen LogP) is 12.4. The number of hydrogen-bond acceptors (Lipinski definition) is 54. The number of aromatic nitrogens is 12. The molecule has 58 nitrogen and oxygen atoms in total. The monoisotopic (exact) mass is 2150 g/mol. The number of fused-ring (bicyclic) bond motifs is 4. The molecule has 1 aliphatic rings. The van der Waals surface area contributed by atoms with E-state index in [9.17, 15) is 71.2 Å². The highest BCUT2D eigenvalue weighted by Crippen LogP contribution is 2.54. The van der Waals surface area contributed by atoms with Crippen LogP contribution < -0.4 is 22.9 Å². The fraction of sp³-hybridized carbons (Fsp3) is 0.610. The summed E-state index contributed by atoms with van der Waals surface area (Å²) in [7, 11) is -16.6. The Morgan fingerprint density at radius 2 is 0.559 bits per heavy atom. The van der Waals surface area contributed by atoms with Crippen molar-refractivity contribution >= 4 is 125 Å². The van der Waals surface area contributed by atoms with Gasteiger partial charge in [-0.15, -0.1) is 0 Å². The maximum absolute atomic E-state index is 13.7. The molecule has 0 aliphatic heterocycles. The van der Waals surface area contributed by atoms with Gasteiger partial charge in [-0.2, -0.15) is 20.4 Å². The van der Waals surface area contributed by atoms with E-state index in [0.717, 1.165) is 5.69 Å². The number of carbonyl (C=O) groups excluding carboxylic acids is 8. The van der Waals surface area contributed by atoms with Crippen LogP contribution in [0.4, 0.5) is 66.0 Å². The summed E-state index contributed by atoms with van der Waals surface area (Å²) in [5.41, 5.74) is 27.8. The Morgan fingerprint density at radius 1 is 0.338 bits per heavy atom. The Bertz CT molecular complexity index is 5300. The van der Waals surface area contributed by atoms with Gasteiger partial charge in [-0.05, 0) is 179 Å². The number of ether oxygens (including phenoxy) is 20. The van der Waals surface area contributed by atoms with Gasteiger partial charge < -0.3 is 128 Å². The second-order valence-corrected chi connectivity index (χ2v) is 40.3. The van der Waals surface area contributed by atoms with Crippen molar-refractivity contribution in [1.82, 2.24) is 58.4 Å². The first-order valence-corrected chi connectivity index (χ1v) is 51.2. The molecule has 0 aromatic carbocycles. The van der Waals surface area contributed by atoms with E-state index in [1.54, 1.807) is 162 Å². The molecule has 0 radical (unpaired) electrons. The molecule has 1 fully saturated rings. The molecular formula is C82H125FN16O42P4. The minimum Gasteiger partial charge on any atom is -0.432 e. The van der Waals surface area contributed by atoms with Crippen LogP contribution in [0.2, 0.25) is 0 Å². The van der Waals surface area contributed by atoms with Crippen LogP contribution in [0.15, 0.2) is 73.8 Å². The number of rotatable bonds is 56. The van der Waals surface area contributed by atoms with Crippen molar-refractivity contribution in [3.05, 3.63) is 96.6 Å². The minimum absolute atomic E-state index is 0.0234. The summed E-state index contributed by atoms with van der Waals surface area (Å²) in [6.07, 6.45) is -9.38. The minimum atomic E-state index is -4.22. The number of halogens is 1. The molecule has 8 heterocycles. The van der Waals surface area contributed by atoms with Gasteiger partial charge in [0, 0.05) is 55.1 Å². The molecule has 1 saturated carbocycles. The van der Waals surface area contributed by atoms with E-state index in [1.807, 2.05) is 6.07 Å². The van der Waals surface area contributed by atoms with E-state index in [0.29, 0.717) is 70.0 Å². The van der Waals surface area contributed by atoms with Gasteiger partial charge in [0.05, 0.1) is 79.4 Å². The summed E-state index contributed by atoms with van der Waals surface area (Å²) in [6, 6.07) is 13.9. The first-order chi connectivity index (χ1) is 68.6. The number of nitrogen functional groups attached to an aromatic ring is 4. The molecule has 8 aromatic rings. The number of anilines is 4. The Morgan fingerprint density at radius 3 is 0.793 bits per heavy atom. The third kappa shape index (κ3) is 45.3. The molecule has 0 saturated heterocycles. The molecule has 10 N–H and O–H groups in total. The van der Waals surface area contributed by atoms with Gasteiger partial charge in [-0.1, -0.05) is 0 Å². The molecule has 63 heteroatoms. The number of carbonyl (C=O) groups is 8. The Hall–Kier alpha value is -11.9. The predicted molar refractivity (Wildman–Crippen MR) is 496 cm³/mol. The number of aliphatic hydroxyl groups is 2. The number of nitrogens with two attached hydrogens (primary N) is 4. The quantitative estimate of drug-likeness (QED) is 0.00892. The summed E-state index contributed by atoms with van der Waals surface area (Å²) in [4.78, 5) is 108. The number of alkyl halides is 1. The lowest BCUT2D eigenvalue weighted by Gasteiger charge is -2.22. The maximum atomic E-state index is 13.7. The summed E-state index contributed by atoms with van der Waals surface area (Å²) in [5, 5.41) is 35.8. The highest BCUT2D eigenvalue weighted by atomic mass is 31.2. The van der Waals surface area contributed by atoms with Crippen LogP contribution in [-0.2, 0) is 175 Å². The molecular weight excluding hydrogens is 2020 g/mol. The Labute approximate surface area is 829 Å². The van der Waals surface area contributed by atoms with Crippen molar-refractivity contribution in [2.75, 3.05) is 123 Å². The van der Waals surface area contributed by atoms with Crippen LogP contribution in [0, 0.1) is 0 Å². The zero-order valence-corrected chi connectivity index (χ0v) is 86.0. The first kappa shape index (κ1) is 122. The van der Waals surface area contributed by atoms with Gasteiger partial charge in [0.25, 0.3) is 0 Å². The lowest BCUT2D eigenvalue weighted by molar-refractivity contribution is -0.0410. The van der Waals surface area contributed by atoms with Gasteiger partial charge in [-0.3, -0.25) is 54.5 Å². The van der Waals surface area contributed by atoms with E-state index in [-0.39, 0.29) is 43.9 Å². The van der Waals surface area contributed by atoms with Crippen LogP contribution in [0.1, 0.15) is 153 Å². The van der Waals surface area contributed by atoms with Crippen molar-refractivity contribution in [2.45, 2.75) is 228 Å². The topological polar surface area (TPSA) is 729 Å². The average molecular weight is 2150 g/mol. The maximum Gasteiger partial charge on any atom is 0.510 e. The molecule has 3 atom stereocenters. The first-order valence-electron chi connectivity index (χ1n) is 44.3. The van der Waals surface area contributed by atoms with Crippen molar-refractivity contribution in [3.8, 4) is 0 Å². The molecule has 0 bridgehead atoms. The highest BCUT2D eigenvalue weighted by Gasteiger charge is 2.47. The van der Waals surface area contributed by atoms with E-state index in [1.165, 1.54) is 34.3 Å². The standard InChI is InChI=1S/C21H33N4O11P.C21H31N4O10P.C20H30FN4O10P.C20H31N4O11P/c1-14(2)35-20(27)30-11-33-37(29,34-12-31-21(28)36-15(3)4)13-32-17(7-8-26)9-16-5-6-18-19(22)23-10-24-25(16)18;1-14(2)34-19(26)29-11-32-36(28,33-12-30-20(27)35-15(3)4)13-31-21(7-8-21)9-16-5-6-17-18(22)23-10-24-25(16)17;1-13(2)34-19(26)29-10-32-36(28,33-11-30-20(27)35-14(3)4)12-31-16(8-21)7-15-5-6-17-18(22)23-9-24-25(15)17;1-13(2)34-19(26)29-10-32-36(28,33-11-30-20(27)35-14(3)4)12-31-16(8-25)7-15-5-6-17-18(21)22-9-23-24(15)17/h5-6,10,14-15,17,26H,7-9,11-13H2,1-4H3,(H2,22,23,24);5-6,10,14-15H,7-9,11-13H2,1-4H3,(H2,22,23,24);5-6,9,13-14,16H,7-8,10-12H2,1-4H3,(H2,22,23,24);5-6,9,13-14,16,25H,7-8,10-12H2,1-4H3,(H2,21,22,23). The van der Waals surface area contributed by atoms with E-state index in [2.05, 4.69) is 49.8 Å². The second kappa shape index (κ2) is 60.9. The smallest absolute Gasteiger partial charge is 0.432 e. The van der Waals surface area contributed by atoms with Gasteiger partial charge in [-0.25, -0.2) is 80.7 Å². The van der Waals surface area contributed by atoms with Crippen LogP contribution in [0.5, 0.6) is 0 Å². The fourth-order valence-electron chi connectivity index (χ4n) is 11.2. The zero-order chi connectivity index (χ0) is 107. The summed E-state index contributed by atoms with van der Waals surface area (Å²) in [5.74, 6) is 1.16. The molecule has 145 heavy (non-hydrogen) atoms. The van der Waals surface area contributed by atoms with Gasteiger partial charge in [0.2, 0.25) is 54.3 Å². The molecule has 1 aliphatic carbocycles. The van der Waals surface area contributed by atoms with Crippen LogP contribution in [0.25, 0.3) is 22.1 Å². The summed E-state index contributed by atoms with van der Waals surface area (Å²) in [6.45, 7) is 18.0. The highest BCUT2D eigenvalue weighted by molar-refractivity contribution is 7.54. The van der Waals surface area contributed by atoms with Crippen molar-refractivity contribution in [2.24, 2.45) is 0 Å². The second-order valence-electron chi connectivity index (χ2n) is 32.3. The van der Waals surface area contributed by atoms with Crippen LogP contribution >= 0.6 is 30.4 Å². The molecule has 0 spiro atoms. The average Bonchev–Trinajstić information content (AvgIpc) is 1.62. The molecule has 0 amide bonds. The van der Waals surface area contributed by atoms with E-state index >= 15 is 0 Å². The summed E-state index contributed by atoms with van der Waals surface area (Å²) < 4.78 is 213. The van der Waals surface area contributed by atoms with Gasteiger partial charge >= 0.3 is 79.6 Å².